The molecule has 0 radical (unpaired) electrons. The van der Waals surface area contributed by atoms with Crippen molar-refractivity contribution < 1.29 is 14.3 Å². The van der Waals surface area contributed by atoms with Crippen LogP contribution in [0.3, 0.4) is 0 Å². The first-order valence-corrected chi connectivity index (χ1v) is 9.18. The predicted octanol–water partition coefficient (Wildman–Crippen LogP) is 2.22. The second-order valence-electron chi connectivity index (χ2n) is 3.66. The van der Waals surface area contributed by atoms with Crippen LogP contribution in [-0.4, -0.2) is 44.1 Å². The van der Waals surface area contributed by atoms with Gasteiger partial charge in [-0.15, -0.1) is 5.92 Å². The Bertz CT molecular complexity index is 293. The lowest BCUT2D eigenvalue weighted by Gasteiger charge is -2.05. The summed E-state index contributed by atoms with van der Waals surface area (Å²) in [6.45, 7) is 4.09. The van der Waals surface area contributed by atoms with Gasteiger partial charge in [-0.1, -0.05) is 34.4 Å². The van der Waals surface area contributed by atoms with Crippen LogP contribution in [-0.2, 0) is 9.47 Å². The van der Waals surface area contributed by atoms with Crippen molar-refractivity contribution in [3.05, 3.63) is 0 Å². The van der Waals surface area contributed by atoms with Gasteiger partial charge in [0.15, 0.2) is 0 Å². The van der Waals surface area contributed by atoms with Gasteiger partial charge in [-0.2, -0.15) is 0 Å². The van der Waals surface area contributed by atoms with Gasteiger partial charge in [0.05, 0.1) is 13.2 Å². The number of amides is 1. The predicted molar refractivity (Wildman–Crippen MR) is 86.6 cm³/mol. The smallest absolute Gasteiger partial charge is 0.407 e. The number of nitrogens with one attached hydrogen (secondary N) is 1. The molecule has 5 nitrogen and oxygen atoms in total. The molecule has 116 valence electrons. The first-order chi connectivity index (χ1) is 9.81. The molecule has 0 atom stereocenters. The van der Waals surface area contributed by atoms with E-state index in [0.29, 0.717) is 32.2 Å². The molecule has 7 heteroatoms. The van der Waals surface area contributed by atoms with Gasteiger partial charge in [-0.3, -0.25) is 0 Å². The minimum Gasteiger partial charge on any atom is -0.450 e. The van der Waals surface area contributed by atoms with Crippen molar-refractivity contribution in [3.63, 3.8) is 0 Å². The summed E-state index contributed by atoms with van der Waals surface area (Å²) in [4.78, 5) is 11.2. The van der Waals surface area contributed by atoms with Crippen molar-refractivity contribution in [3.8, 4) is 11.8 Å². The maximum atomic E-state index is 11.2. The van der Waals surface area contributed by atoms with Crippen LogP contribution in [0.2, 0.25) is 0 Å². The third kappa shape index (κ3) is 15.5. The summed E-state index contributed by atoms with van der Waals surface area (Å²) in [7, 11) is 3.38. The maximum absolute atomic E-state index is 11.2. The summed E-state index contributed by atoms with van der Waals surface area (Å²) in [5, 5.41) is 2.57. The monoisotopic (exact) mass is 320 g/mol. The molecule has 0 rings (SSSR count). The van der Waals surface area contributed by atoms with E-state index < -0.39 is 6.09 Å². The van der Waals surface area contributed by atoms with Gasteiger partial charge in [0.2, 0.25) is 0 Å². The summed E-state index contributed by atoms with van der Waals surface area (Å²) in [5.41, 5.74) is 5.37. The van der Waals surface area contributed by atoms with Gasteiger partial charge in [0, 0.05) is 25.3 Å². The Kier molecular flexibility index (Phi) is 16.1. The first kappa shape index (κ1) is 19.4. The molecule has 0 fully saturated rings. The highest BCUT2D eigenvalue weighted by Gasteiger charge is 1.99. The van der Waals surface area contributed by atoms with Crippen molar-refractivity contribution in [1.29, 1.82) is 0 Å². The number of nitrogens with two attached hydrogens (primary N) is 1. The molecular formula is C13H24N2O3S2. The Morgan fingerprint density at radius 3 is 2.80 bits per heavy atom. The molecule has 0 heterocycles. The van der Waals surface area contributed by atoms with Gasteiger partial charge in [-0.25, -0.2) is 4.79 Å². The lowest BCUT2D eigenvalue weighted by Crippen LogP contribution is -2.24. The zero-order chi connectivity index (χ0) is 14.9. The van der Waals surface area contributed by atoms with Crippen LogP contribution in [0.4, 0.5) is 4.79 Å². The lowest BCUT2D eigenvalue weighted by atomic mass is 10.3. The number of carbonyl (C=O) groups excluding carboxylic acids is 1. The molecule has 0 bridgehead atoms. The molecule has 1 amide bonds. The van der Waals surface area contributed by atoms with Gasteiger partial charge >= 0.3 is 6.09 Å². The van der Waals surface area contributed by atoms with Crippen LogP contribution in [0.25, 0.3) is 0 Å². The van der Waals surface area contributed by atoms with Crippen molar-refractivity contribution in [2.45, 2.75) is 26.2 Å². The molecule has 0 unspecified atom stereocenters. The zero-order valence-electron chi connectivity index (χ0n) is 12.0. The highest BCUT2D eigenvalue weighted by Crippen LogP contribution is 2.19. The van der Waals surface area contributed by atoms with E-state index in [1.54, 1.807) is 21.6 Å². The molecular weight excluding hydrogens is 296 g/mol. The molecule has 0 aromatic rings. The Morgan fingerprint density at radius 2 is 2.05 bits per heavy atom. The molecule has 0 aromatic carbocycles. The van der Waals surface area contributed by atoms with Crippen LogP contribution in [0.1, 0.15) is 26.2 Å². The summed E-state index contributed by atoms with van der Waals surface area (Å²) >= 11 is 0. The molecule has 0 aromatic heterocycles. The van der Waals surface area contributed by atoms with E-state index in [4.69, 9.17) is 15.2 Å². The van der Waals surface area contributed by atoms with E-state index in [9.17, 15) is 4.79 Å². The van der Waals surface area contributed by atoms with E-state index in [2.05, 4.69) is 17.2 Å². The van der Waals surface area contributed by atoms with E-state index >= 15 is 0 Å². The van der Waals surface area contributed by atoms with Crippen molar-refractivity contribution >= 4 is 27.7 Å². The molecule has 0 spiro atoms. The van der Waals surface area contributed by atoms with E-state index in [1.807, 2.05) is 6.92 Å². The number of unbranched alkanes of at least 4 members (excludes halogenated alkanes) is 1. The van der Waals surface area contributed by atoms with Crippen LogP contribution in [0.5, 0.6) is 0 Å². The van der Waals surface area contributed by atoms with Crippen LogP contribution in [0, 0.1) is 11.8 Å². The lowest BCUT2D eigenvalue weighted by molar-refractivity contribution is 0.134. The standard InChI is InChI=1S/C13H24N2O3S2/c1-2-3-4-8-15-13(16)18-10-6-5-9-17-12-20-19-11-7-14/h2,5-12,14H2,1H3,(H,15,16). The highest BCUT2D eigenvalue weighted by atomic mass is 33.1. The fourth-order valence-electron chi connectivity index (χ4n) is 1.06. The Balaban J connectivity index is 3.17. The minimum absolute atomic E-state index is 0.341. The molecule has 0 aliphatic carbocycles. The Morgan fingerprint density at radius 1 is 1.25 bits per heavy atom. The summed E-state index contributed by atoms with van der Waals surface area (Å²) in [6.07, 6.45) is 2.06. The summed E-state index contributed by atoms with van der Waals surface area (Å²) in [6, 6.07) is 0. The van der Waals surface area contributed by atoms with Gasteiger partial charge < -0.3 is 20.5 Å². The highest BCUT2D eigenvalue weighted by molar-refractivity contribution is 8.76. The van der Waals surface area contributed by atoms with Crippen molar-refractivity contribution in [1.82, 2.24) is 5.32 Å². The largest absolute Gasteiger partial charge is 0.450 e. The number of rotatable bonds is 11. The van der Waals surface area contributed by atoms with Gasteiger partial charge in [0.25, 0.3) is 0 Å². The third-order valence-electron chi connectivity index (χ3n) is 1.96. The molecule has 0 aliphatic heterocycles. The van der Waals surface area contributed by atoms with Crippen LogP contribution in [0.15, 0.2) is 0 Å². The molecule has 0 saturated heterocycles. The van der Waals surface area contributed by atoms with Crippen molar-refractivity contribution in [2.24, 2.45) is 5.73 Å². The van der Waals surface area contributed by atoms with Gasteiger partial charge in [0.1, 0.15) is 5.94 Å². The summed E-state index contributed by atoms with van der Waals surface area (Å²) in [5.74, 6) is 7.29. The number of alkyl carbamates (subject to hydrolysis) is 1. The topological polar surface area (TPSA) is 73.6 Å². The van der Waals surface area contributed by atoms with Crippen LogP contribution >= 0.6 is 21.6 Å². The summed E-state index contributed by atoms with van der Waals surface area (Å²) < 4.78 is 10.4. The SMILES string of the molecule is CCC#CCNC(=O)OCCCCOCSSCCN. The second-order valence-corrected chi connectivity index (χ2v) is 6.19. The number of ether oxygens (including phenoxy) is 2. The number of carbonyl (C=O) groups is 1. The fourth-order valence-corrected chi connectivity index (χ4v) is 2.58. The van der Waals surface area contributed by atoms with E-state index in [0.717, 1.165) is 25.0 Å². The Labute approximate surface area is 129 Å². The van der Waals surface area contributed by atoms with Crippen LogP contribution < -0.4 is 11.1 Å². The molecule has 0 saturated carbocycles. The quantitative estimate of drug-likeness (QED) is 0.263. The average molecular weight is 320 g/mol. The Hall–Kier alpha value is -0.550. The molecule has 0 aliphatic rings. The minimum atomic E-state index is -0.412. The number of hydrogen-bond acceptors (Lipinski definition) is 6. The van der Waals surface area contributed by atoms with Gasteiger partial charge in [-0.05, 0) is 12.8 Å². The number of hydrogen-bond donors (Lipinski definition) is 2. The average Bonchev–Trinajstić information content (AvgIpc) is 2.45. The second kappa shape index (κ2) is 16.5. The zero-order valence-corrected chi connectivity index (χ0v) is 13.6. The first-order valence-electron chi connectivity index (χ1n) is 6.69. The normalized spacial score (nSPS) is 9.70. The maximum Gasteiger partial charge on any atom is 0.407 e. The fraction of sp³-hybridized carbons (Fsp3) is 0.769. The van der Waals surface area contributed by atoms with E-state index in [1.165, 1.54) is 0 Å². The van der Waals surface area contributed by atoms with E-state index in [-0.39, 0.29) is 0 Å². The third-order valence-corrected chi connectivity index (χ3v) is 4.08. The molecule has 3 N–H and O–H groups in total. The molecule has 20 heavy (non-hydrogen) atoms. The van der Waals surface area contributed by atoms with Crippen molar-refractivity contribution in [2.75, 3.05) is 38.0 Å².